The number of hydrogen-bond donors (Lipinski definition) is 0. The molecule has 1 saturated heterocycles. The summed E-state index contributed by atoms with van der Waals surface area (Å²) in [4.78, 5) is 12.9. The highest BCUT2D eigenvalue weighted by molar-refractivity contribution is 5.89. The van der Waals surface area contributed by atoms with E-state index in [-0.39, 0.29) is 6.09 Å². The Kier molecular flexibility index (Phi) is 2.39. The standard InChI is InChI=1S/C11H13NO2/c1-2-9-3-5-10(6-4-9)12-7-8-14-11(12)13/h3-6H,2,7-8H2,1H3. The molecule has 1 fully saturated rings. The molecule has 1 aromatic carbocycles. The number of nitrogens with zero attached hydrogens (tertiary/aromatic N) is 1. The number of benzene rings is 1. The molecular weight excluding hydrogens is 178 g/mol. The summed E-state index contributed by atoms with van der Waals surface area (Å²) in [5.74, 6) is 0. The Morgan fingerprint density at radius 3 is 2.57 bits per heavy atom. The predicted octanol–water partition coefficient (Wildman–Crippen LogP) is 2.21. The third-order valence-corrected chi connectivity index (χ3v) is 2.42. The molecule has 1 heterocycles. The van der Waals surface area contributed by atoms with E-state index in [0.717, 1.165) is 12.1 Å². The summed E-state index contributed by atoms with van der Waals surface area (Å²) in [6.45, 7) is 3.26. The van der Waals surface area contributed by atoms with Crippen molar-refractivity contribution in [3.05, 3.63) is 29.8 Å². The number of aryl methyl sites for hydroxylation is 1. The van der Waals surface area contributed by atoms with Gasteiger partial charge in [-0.25, -0.2) is 4.79 Å². The van der Waals surface area contributed by atoms with Gasteiger partial charge in [0.25, 0.3) is 0 Å². The third-order valence-electron chi connectivity index (χ3n) is 2.42. The van der Waals surface area contributed by atoms with Crippen LogP contribution >= 0.6 is 0 Å². The molecule has 0 aromatic heterocycles. The van der Waals surface area contributed by atoms with Crippen molar-refractivity contribution >= 4 is 11.8 Å². The zero-order valence-electron chi connectivity index (χ0n) is 8.19. The first-order chi connectivity index (χ1) is 6.81. The fraction of sp³-hybridized carbons (Fsp3) is 0.364. The number of rotatable bonds is 2. The Labute approximate surface area is 83.3 Å². The monoisotopic (exact) mass is 191 g/mol. The molecule has 74 valence electrons. The topological polar surface area (TPSA) is 29.5 Å². The molecule has 1 aromatic rings. The fourth-order valence-corrected chi connectivity index (χ4v) is 1.54. The summed E-state index contributed by atoms with van der Waals surface area (Å²) in [6, 6.07) is 8.01. The summed E-state index contributed by atoms with van der Waals surface area (Å²) in [6.07, 6.45) is 0.777. The van der Waals surface area contributed by atoms with E-state index < -0.39 is 0 Å². The lowest BCUT2D eigenvalue weighted by Gasteiger charge is -2.12. The molecule has 0 unspecified atom stereocenters. The van der Waals surface area contributed by atoms with Crippen LogP contribution in [0.3, 0.4) is 0 Å². The number of ether oxygens (including phenoxy) is 1. The van der Waals surface area contributed by atoms with Gasteiger partial charge in [0.05, 0.1) is 6.54 Å². The van der Waals surface area contributed by atoms with Gasteiger partial charge in [0.1, 0.15) is 6.61 Å². The number of carbonyl (C=O) groups excluding carboxylic acids is 1. The second kappa shape index (κ2) is 3.70. The minimum atomic E-state index is -0.241. The SMILES string of the molecule is CCc1ccc(N2CCOC2=O)cc1. The van der Waals surface area contributed by atoms with Crippen LogP contribution in [0.4, 0.5) is 10.5 Å². The molecule has 0 atom stereocenters. The predicted molar refractivity (Wildman–Crippen MR) is 54.5 cm³/mol. The Morgan fingerprint density at radius 2 is 2.07 bits per heavy atom. The van der Waals surface area contributed by atoms with E-state index in [9.17, 15) is 4.79 Å². The molecule has 2 rings (SSSR count). The first-order valence-electron chi connectivity index (χ1n) is 4.84. The average molecular weight is 191 g/mol. The van der Waals surface area contributed by atoms with E-state index >= 15 is 0 Å². The summed E-state index contributed by atoms with van der Waals surface area (Å²) >= 11 is 0. The van der Waals surface area contributed by atoms with E-state index in [0.29, 0.717) is 13.2 Å². The van der Waals surface area contributed by atoms with Crippen LogP contribution in [0, 0.1) is 0 Å². The third kappa shape index (κ3) is 1.58. The largest absolute Gasteiger partial charge is 0.447 e. The summed E-state index contributed by atoms with van der Waals surface area (Å²) < 4.78 is 4.86. The molecule has 3 heteroatoms. The molecule has 1 aliphatic heterocycles. The zero-order valence-corrected chi connectivity index (χ0v) is 8.19. The first kappa shape index (κ1) is 9.06. The van der Waals surface area contributed by atoms with Crippen molar-refractivity contribution in [3.63, 3.8) is 0 Å². The van der Waals surface area contributed by atoms with Crippen LogP contribution in [0.2, 0.25) is 0 Å². The van der Waals surface area contributed by atoms with E-state index in [2.05, 4.69) is 6.92 Å². The Bertz CT molecular complexity index is 332. The first-order valence-corrected chi connectivity index (χ1v) is 4.84. The van der Waals surface area contributed by atoms with Crippen LogP contribution in [0.15, 0.2) is 24.3 Å². The number of hydrogen-bond acceptors (Lipinski definition) is 2. The quantitative estimate of drug-likeness (QED) is 0.717. The number of cyclic esters (lactones) is 1. The van der Waals surface area contributed by atoms with Gasteiger partial charge in [0.2, 0.25) is 0 Å². The van der Waals surface area contributed by atoms with Crippen molar-refractivity contribution in [1.29, 1.82) is 0 Å². The van der Waals surface area contributed by atoms with Gasteiger partial charge in [-0.3, -0.25) is 4.90 Å². The lowest BCUT2D eigenvalue weighted by molar-refractivity contribution is 0.181. The highest BCUT2D eigenvalue weighted by Crippen LogP contribution is 2.19. The van der Waals surface area contributed by atoms with Crippen molar-refractivity contribution in [1.82, 2.24) is 0 Å². The molecule has 3 nitrogen and oxygen atoms in total. The summed E-state index contributed by atoms with van der Waals surface area (Å²) in [7, 11) is 0. The zero-order chi connectivity index (χ0) is 9.97. The minimum Gasteiger partial charge on any atom is -0.447 e. The fourth-order valence-electron chi connectivity index (χ4n) is 1.54. The van der Waals surface area contributed by atoms with Crippen LogP contribution in [0.5, 0.6) is 0 Å². The summed E-state index contributed by atoms with van der Waals surface area (Å²) in [5.41, 5.74) is 2.20. The molecule has 0 aliphatic carbocycles. The second-order valence-electron chi connectivity index (χ2n) is 3.29. The second-order valence-corrected chi connectivity index (χ2v) is 3.29. The molecule has 0 saturated carbocycles. The van der Waals surface area contributed by atoms with Crippen molar-refractivity contribution in [2.45, 2.75) is 13.3 Å². The van der Waals surface area contributed by atoms with Gasteiger partial charge in [-0.1, -0.05) is 19.1 Å². The molecule has 0 radical (unpaired) electrons. The van der Waals surface area contributed by atoms with Crippen LogP contribution in [-0.4, -0.2) is 19.2 Å². The van der Waals surface area contributed by atoms with Gasteiger partial charge < -0.3 is 4.74 Å². The van der Waals surface area contributed by atoms with Gasteiger partial charge >= 0.3 is 6.09 Å². The lowest BCUT2D eigenvalue weighted by atomic mass is 10.1. The van der Waals surface area contributed by atoms with Gasteiger partial charge in [0.15, 0.2) is 0 Å². The summed E-state index contributed by atoms with van der Waals surface area (Å²) in [5, 5.41) is 0. The van der Waals surface area contributed by atoms with Crippen LogP contribution in [0.25, 0.3) is 0 Å². The Balaban J connectivity index is 2.20. The normalized spacial score (nSPS) is 15.8. The Hall–Kier alpha value is -1.51. The lowest BCUT2D eigenvalue weighted by Crippen LogP contribution is -2.23. The van der Waals surface area contributed by atoms with E-state index in [4.69, 9.17) is 4.74 Å². The van der Waals surface area contributed by atoms with Gasteiger partial charge in [-0.2, -0.15) is 0 Å². The highest BCUT2D eigenvalue weighted by atomic mass is 16.6. The Morgan fingerprint density at radius 1 is 1.36 bits per heavy atom. The van der Waals surface area contributed by atoms with Crippen molar-refractivity contribution in [3.8, 4) is 0 Å². The van der Waals surface area contributed by atoms with Crippen molar-refractivity contribution in [2.75, 3.05) is 18.1 Å². The van der Waals surface area contributed by atoms with Gasteiger partial charge in [0, 0.05) is 5.69 Å². The molecule has 1 aliphatic rings. The van der Waals surface area contributed by atoms with E-state index in [1.54, 1.807) is 4.90 Å². The van der Waals surface area contributed by atoms with Crippen molar-refractivity contribution in [2.24, 2.45) is 0 Å². The average Bonchev–Trinajstić information content (AvgIpc) is 2.65. The van der Waals surface area contributed by atoms with Gasteiger partial charge in [-0.05, 0) is 24.1 Å². The molecule has 0 spiro atoms. The molecular formula is C11H13NO2. The van der Waals surface area contributed by atoms with E-state index in [1.807, 2.05) is 24.3 Å². The maximum Gasteiger partial charge on any atom is 0.414 e. The molecule has 14 heavy (non-hydrogen) atoms. The van der Waals surface area contributed by atoms with E-state index in [1.165, 1.54) is 5.56 Å². The molecule has 1 amide bonds. The van der Waals surface area contributed by atoms with Crippen molar-refractivity contribution < 1.29 is 9.53 Å². The number of carbonyl (C=O) groups is 1. The van der Waals surface area contributed by atoms with Crippen LogP contribution < -0.4 is 4.90 Å². The van der Waals surface area contributed by atoms with Crippen LogP contribution in [0.1, 0.15) is 12.5 Å². The van der Waals surface area contributed by atoms with Gasteiger partial charge in [-0.15, -0.1) is 0 Å². The minimum absolute atomic E-state index is 0.241. The number of anilines is 1. The molecule has 0 bridgehead atoms. The highest BCUT2D eigenvalue weighted by Gasteiger charge is 2.22. The smallest absolute Gasteiger partial charge is 0.414 e. The van der Waals surface area contributed by atoms with Crippen LogP contribution in [-0.2, 0) is 11.2 Å². The maximum absolute atomic E-state index is 11.2. The molecule has 0 N–H and O–H groups in total. The number of amides is 1. The maximum atomic E-state index is 11.2.